The number of piperazine rings is 1. The number of hydrogen-bond donors (Lipinski definition) is 0. The first-order chi connectivity index (χ1) is 15.0. The Kier molecular flexibility index (Phi) is 6.65. The number of benzene rings is 1. The van der Waals surface area contributed by atoms with Gasteiger partial charge in [-0.05, 0) is 24.3 Å². The Labute approximate surface area is 182 Å². The van der Waals surface area contributed by atoms with Gasteiger partial charge in [-0.15, -0.1) is 0 Å². The lowest BCUT2D eigenvalue weighted by Crippen LogP contribution is -2.52. The van der Waals surface area contributed by atoms with Gasteiger partial charge in [-0.2, -0.15) is 4.98 Å². The Morgan fingerprint density at radius 2 is 1.81 bits per heavy atom. The van der Waals surface area contributed by atoms with Crippen molar-refractivity contribution >= 4 is 11.8 Å². The molecule has 2 saturated heterocycles. The van der Waals surface area contributed by atoms with E-state index in [0.29, 0.717) is 63.3 Å². The average molecular weight is 427 g/mol. The second-order valence-electron chi connectivity index (χ2n) is 8.50. The van der Waals surface area contributed by atoms with Crippen LogP contribution in [0.3, 0.4) is 0 Å². The Hall–Kier alpha value is -2.74. The summed E-state index contributed by atoms with van der Waals surface area (Å²) in [5.74, 6) is 1.58. The van der Waals surface area contributed by atoms with E-state index in [0.717, 1.165) is 18.4 Å². The molecule has 8 nitrogen and oxygen atoms in total. The lowest BCUT2D eigenvalue weighted by molar-refractivity contribution is -0.146. The van der Waals surface area contributed by atoms with Crippen LogP contribution in [0.4, 0.5) is 0 Å². The molecule has 0 saturated carbocycles. The van der Waals surface area contributed by atoms with Crippen molar-refractivity contribution in [3.63, 3.8) is 0 Å². The van der Waals surface area contributed by atoms with Gasteiger partial charge in [-0.1, -0.05) is 43.3 Å². The fourth-order valence-electron chi connectivity index (χ4n) is 4.02. The monoisotopic (exact) mass is 426 g/mol. The fraction of sp³-hybridized carbons (Fsp3) is 0.565. The summed E-state index contributed by atoms with van der Waals surface area (Å²) in [6.45, 7) is 7.18. The topological polar surface area (TPSA) is 88.8 Å². The first-order valence-corrected chi connectivity index (χ1v) is 11.1. The van der Waals surface area contributed by atoms with E-state index in [2.05, 4.69) is 36.1 Å². The molecule has 3 heterocycles. The van der Waals surface area contributed by atoms with E-state index in [1.807, 2.05) is 17.0 Å². The summed E-state index contributed by atoms with van der Waals surface area (Å²) in [4.78, 5) is 33.1. The van der Waals surface area contributed by atoms with Crippen LogP contribution >= 0.6 is 0 Å². The summed E-state index contributed by atoms with van der Waals surface area (Å²) >= 11 is 0. The predicted octanol–water partition coefficient (Wildman–Crippen LogP) is 2.64. The van der Waals surface area contributed by atoms with Crippen molar-refractivity contribution in [2.75, 3.05) is 32.8 Å². The Balaban J connectivity index is 1.24. The van der Waals surface area contributed by atoms with Gasteiger partial charge in [0.2, 0.25) is 17.6 Å². The van der Waals surface area contributed by atoms with Crippen LogP contribution in [-0.2, 0) is 20.7 Å². The molecule has 2 aliphatic heterocycles. The molecule has 31 heavy (non-hydrogen) atoms. The summed E-state index contributed by atoms with van der Waals surface area (Å²) in [7, 11) is 0. The molecule has 0 N–H and O–H groups in total. The van der Waals surface area contributed by atoms with Gasteiger partial charge < -0.3 is 19.1 Å². The largest absolute Gasteiger partial charge is 0.368 e. The Bertz CT molecular complexity index is 895. The number of hydrogen-bond acceptors (Lipinski definition) is 6. The van der Waals surface area contributed by atoms with Crippen LogP contribution in [-0.4, -0.2) is 70.6 Å². The summed E-state index contributed by atoms with van der Waals surface area (Å²) in [5, 5.41) is 4.05. The van der Waals surface area contributed by atoms with Crippen LogP contribution in [0.1, 0.15) is 50.5 Å². The molecule has 4 rings (SSSR count). The molecule has 1 aromatic heterocycles. The highest BCUT2D eigenvalue weighted by Crippen LogP contribution is 2.21. The van der Waals surface area contributed by atoms with Crippen molar-refractivity contribution in [1.82, 2.24) is 19.9 Å². The van der Waals surface area contributed by atoms with Crippen LogP contribution in [0.25, 0.3) is 11.4 Å². The SMILES string of the molecule is CC(C)c1ccc(-c2noc(CCC(=O)N3CCN(C(=O)C4CCCO4)CC3)n2)cc1. The highest BCUT2D eigenvalue weighted by Gasteiger charge is 2.31. The van der Waals surface area contributed by atoms with E-state index in [9.17, 15) is 9.59 Å². The van der Waals surface area contributed by atoms with E-state index in [-0.39, 0.29) is 17.9 Å². The number of aromatic nitrogens is 2. The van der Waals surface area contributed by atoms with Crippen molar-refractivity contribution in [2.24, 2.45) is 0 Å². The third-order valence-corrected chi connectivity index (χ3v) is 6.01. The molecular weight excluding hydrogens is 396 g/mol. The van der Waals surface area contributed by atoms with Gasteiger partial charge in [0.1, 0.15) is 6.10 Å². The fourth-order valence-corrected chi connectivity index (χ4v) is 4.02. The van der Waals surface area contributed by atoms with Crippen LogP contribution in [0.5, 0.6) is 0 Å². The van der Waals surface area contributed by atoms with Crippen LogP contribution in [0.2, 0.25) is 0 Å². The van der Waals surface area contributed by atoms with Gasteiger partial charge >= 0.3 is 0 Å². The smallest absolute Gasteiger partial charge is 0.251 e. The summed E-state index contributed by atoms with van der Waals surface area (Å²) in [6, 6.07) is 8.13. The first-order valence-electron chi connectivity index (χ1n) is 11.1. The summed E-state index contributed by atoms with van der Waals surface area (Å²) < 4.78 is 10.8. The second kappa shape index (κ2) is 9.60. The number of aryl methyl sites for hydroxylation is 1. The van der Waals surface area contributed by atoms with Crippen LogP contribution in [0.15, 0.2) is 28.8 Å². The van der Waals surface area contributed by atoms with E-state index in [1.165, 1.54) is 5.56 Å². The molecule has 0 spiro atoms. The van der Waals surface area contributed by atoms with E-state index >= 15 is 0 Å². The van der Waals surface area contributed by atoms with E-state index < -0.39 is 0 Å². The zero-order valence-electron chi connectivity index (χ0n) is 18.2. The molecule has 8 heteroatoms. The minimum Gasteiger partial charge on any atom is -0.368 e. The van der Waals surface area contributed by atoms with Crippen molar-refractivity contribution in [2.45, 2.75) is 51.6 Å². The number of carbonyl (C=O) groups excluding carboxylic acids is 2. The number of nitrogens with zero attached hydrogens (tertiary/aromatic N) is 4. The zero-order chi connectivity index (χ0) is 21.8. The molecule has 1 unspecified atom stereocenters. The van der Waals surface area contributed by atoms with Gasteiger partial charge in [-0.25, -0.2) is 0 Å². The average Bonchev–Trinajstić information content (AvgIpc) is 3.49. The molecule has 2 fully saturated rings. The maximum absolute atomic E-state index is 12.6. The molecular formula is C23H30N4O4. The number of carbonyl (C=O) groups is 2. The van der Waals surface area contributed by atoms with Gasteiger partial charge in [0, 0.05) is 51.2 Å². The lowest BCUT2D eigenvalue weighted by Gasteiger charge is -2.35. The third kappa shape index (κ3) is 5.12. The Morgan fingerprint density at radius 3 is 2.45 bits per heavy atom. The van der Waals surface area contributed by atoms with Gasteiger partial charge in [0.15, 0.2) is 0 Å². The molecule has 0 bridgehead atoms. The van der Waals surface area contributed by atoms with Crippen molar-refractivity contribution < 1.29 is 18.8 Å². The van der Waals surface area contributed by atoms with Gasteiger partial charge in [-0.3, -0.25) is 9.59 Å². The predicted molar refractivity (Wildman–Crippen MR) is 114 cm³/mol. The minimum atomic E-state index is -0.296. The number of rotatable bonds is 6. The molecule has 2 amide bonds. The van der Waals surface area contributed by atoms with Gasteiger partial charge in [0.05, 0.1) is 0 Å². The summed E-state index contributed by atoms with van der Waals surface area (Å²) in [5.41, 5.74) is 2.16. The molecule has 166 valence electrons. The highest BCUT2D eigenvalue weighted by atomic mass is 16.5. The highest BCUT2D eigenvalue weighted by molar-refractivity contribution is 5.82. The van der Waals surface area contributed by atoms with Crippen LogP contribution in [0, 0.1) is 0 Å². The molecule has 1 atom stereocenters. The molecule has 0 radical (unpaired) electrons. The molecule has 0 aliphatic carbocycles. The molecule has 2 aromatic rings. The maximum Gasteiger partial charge on any atom is 0.251 e. The molecule has 1 aromatic carbocycles. The third-order valence-electron chi connectivity index (χ3n) is 6.01. The second-order valence-corrected chi connectivity index (χ2v) is 8.50. The van der Waals surface area contributed by atoms with Crippen molar-refractivity contribution in [3.8, 4) is 11.4 Å². The summed E-state index contributed by atoms with van der Waals surface area (Å²) in [6.07, 6.45) is 2.16. The van der Waals surface area contributed by atoms with E-state index in [4.69, 9.17) is 9.26 Å². The van der Waals surface area contributed by atoms with Crippen molar-refractivity contribution in [1.29, 1.82) is 0 Å². The number of amides is 2. The lowest BCUT2D eigenvalue weighted by atomic mass is 10.0. The van der Waals surface area contributed by atoms with Crippen molar-refractivity contribution in [3.05, 3.63) is 35.7 Å². The standard InChI is InChI=1S/C23H30N4O4/c1-16(2)17-5-7-18(8-6-17)22-24-20(31-25-22)9-10-21(28)26-11-13-27(14-12-26)23(29)19-4-3-15-30-19/h5-8,16,19H,3-4,9-15H2,1-2H3. The maximum atomic E-state index is 12.6. The molecule has 2 aliphatic rings. The Morgan fingerprint density at radius 1 is 1.10 bits per heavy atom. The van der Waals surface area contributed by atoms with Crippen LogP contribution < -0.4 is 0 Å². The van der Waals surface area contributed by atoms with Gasteiger partial charge in [0.25, 0.3) is 5.91 Å². The number of ether oxygens (including phenoxy) is 1. The zero-order valence-corrected chi connectivity index (χ0v) is 18.2. The first kappa shape index (κ1) is 21.5. The quantitative estimate of drug-likeness (QED) is 0.706. The van der Waals surface area contributed by atoms with E-state index in [1.54, 1.807) is 4.90 Å². The minimum absolute atomic E-state index is 0.0465. The normalized spacial score (nSPS) is 19.3.